The highest BCUT2D eigenvalue weighted by Crippen LogP contribution is 2.32. The average Bonchev–Trinajstić information content (AvgIpc) is 3.29. The van der Waals surface area contributed by atoms with Crippen molar-refractivity contribution in [2.45, 2.75) is 31.4 Å². The number of benzene rings is 2. The topological polar surface area (TPSA) is 67.2 Å². The minimum absolute atomic E-state index is 0.236. The van der Waals surface area contributed by atoms with Crippen molar-refractivity contribution in [2.75, 3.05) is 0 Å². The first kappa shape index (κ1) is 20.2. The normalized spacial score (nSPS) is 18.8. The monoisotopic (exact) mass is 449 g/mol. The lowest BCUT2D eigenvalue weighted by Gasteiger charge is -2.15. The van der Waals surface area contributed by atoms with Crippen LogP contribution in [0.1, 0.15) is 29.8 Å². The molecule has 0 radical (unpaired) electrons. The van der Waals surface area contributed by atoms with E-state index in [9.17, 15) is 9.90 Å². The molecule has 2 N–H and O–H groups in total. The Hall–Kier alpha value is -2.05. The van der Waals surface area contributed by atoms with Gasteiger partial charge < -0.3 is 10.4 Å². The molecule has 0 unspecified atom stereocenters. The van der Waals surface area contributed by atoms with Crippen LogP contribution in [-0.2, 0) is 0 Å². The highest BCUT2D eigenvalue weighted by molar-refractivity contribution is 6.36. The van der Waals surface area contributed by atoms with Gasteiger partial charge in [-0.05, 0) is 61.7 Å². The first-order chi connectivity index (χ1) is 13.9. The molecule has 3 aromatic rings. The van der Waals surface area contributed by atoms with E-state index in [0.717, 1.165) is 18.5 Å². The van der Waals surface area contributed by atoms with E-state index in [1.54, 1.807) is 41.1 Å². The van der Waals surface area contributed by atoms with Crippen LogP contribution in [0.2, 0.25) is 15.1 Å². The fourth-order valence-corrected chi connectivity index (χ4v) is 4.12. The van der Waals surface area contributed by atoms with E-state index in [-0.39, 0.29) is 17.6 Å². The van der Waals surface area contributed by atoms with Gasteiger partial charge >= 0.3 is 0 Å². The van der Waals surface area contributed by atoms with E-state index in [1.165, 1.54) is 0 Å². The molecule has 2 aromatic carbocycles. The molecule has 2 atom stereocenters. The Balaban J connectivity index is 1.76. The molecule has 0 spiro atoms. The second kappa shape index (κ2) is 8.36. The summed E-state index contributed by atoms with van der Waals surface area (Å²) in [7, 11) is 0. The van der Waals surface area contributed by atoms with E-state index in [2.05, 4.69) is 10.3 Å². The third-order valence-electron chi connectivity index (χ3n) is 5.01. The van der Waals surface area contributed by atoms with Gasteiger partial charge in [0.05, 0.1) is 17.2 Å². The molecule has 1 saturated carbocycles. The summed E-state index contributed by atoms with van der Waals surface area (Å²) in [6.45, 7) is 0. The number of aromatic nitrogens is 2. The molecule has 1 fully saturated rings. The van der Waals surface area contributed by atoms with Gasteiger partial charge in [0.1, 0.15) is 11.5 Å². The van der Waals surface area contributed by atoms with Crippen LogP contribution in [0.3, 0.4) is 0 Å². The number of hydrogen-bond donors (Lipinski definition) is 2. The van der Waals surface area contributed by atoms with Crippen molar-refractivity contribution >= 4 is 40.7 Å². The van der Waals surface area contributed by atoms with E-state index in [1.807, 2.05) is 12.1 Å². The Morgan fingerprint density at radius 1 is 1.07 bits per heavy atom. The fourth-order valence-electron chi connectivity index (χ4n) is 3.50. The molecule has 1 heterocycles. The van der Waals surface area contributed by atoms with Crippen molar-refractivity contribution in [3.63, 3.8) is 0 Å². The maximum absolute atomic E-state index is 12.8. The minimum atomic E-state index is -0.525. The van der Waals surface area contributed by atoms with Crippen molar-refractivity contribution in [2.24, 2.45) is 0 Å². The van der Waals surface area contributed by atoms with Crippen molar-refractivity contribution in [3.8, 4) is 17.1 Å². The minimum Gasteiger partial charge on any atom is -0.391 e. The van der Waals surface area contributed by atoms with Crippen LogP contribution in [0.25, 0.3) is 17.1 Å². The van der Waals surface area contributed by atoms with Gasteiger partial charge in [0, 0.05) is 27.5 Å². The molecule has 0 saturated heterocycles. The van der Waals surface area contributed by atoms with Crippen molar-refractivity contribution < 1.29 is 9.90 Å². The average molecular weight is 451 g/mol. The van der Waals surface area contributed by atoms with Gasteiger partial charge in [-0.1, -0.05) is 34.8 Å². The Morgan fingerprint density at radius 2 is 1.79 bits per heavy atom. The zero-order valence-electron chi connectivity index (χ0n) is 15.3. The number of halogens is 3. The maximum atomic E-state index is 12.8. The molecule has 0 bridgehead atoms. The zero-order valence-corrected chi connectivity index (χ0v) is 17.5. The van der Waals surface area contributed by atoms with Crippen molar-refractivity contribution in [1.29, 1.82) is 0 Å². The number of hydrogen-bond acceptors (Lipinski definition) is 3. The standard InChI is InChI=1S/C21H18Cl3N3O2/c22-12-4-7-14(8-5-12)27-11-18(21(29)26-17-2-1-3-19(17)28)25-20(27)15-9-6-13(23)10-16(15)24/h4-11,17,19,28H,1-3H2,(H,26,29)/t17-,19-/m1/s1. The molecule has 1 aromatic heterocycles. The molecule has 29 heavy (non-hydrogen) atoms. The molecule has 8 heteroatoms. The summed E-state index contributed by atoms with van der Waals surface area (Å²) in [5.74, 6) is 0.168. The quantitative estimate of drug-likeness (QED) is 0.578. The lowest BCUT2D eigenvalue weighted by Crippen LogP contribution is -2.40. The summed E-state index contributed by atoms with van der Waals surface area (Å²) in [5.41, 5.74) is 1.66. The number of nitrogens with zero attached hydrogens (tertiary/aromatic N) is 2. The third kappa shape index (κ3) is 4.28. The number of amides is 1. The third-order valence-corrected chi connectivity index (χ3v) is 5.81. The SMILES string of the molecule is O=C(N[C@@H]1CCC[C@H]1O)c1cn(-c2ccc(Cl)cc2)c(-c2ccc(Cl)cc2Cl)n1. The lowest BCUT2D eigenvalue weighted by molar-refractivity contribution is 0.0869. The molecule has 150 valence electrons. The molecule has 1 aliphatic rings. The van der Waals surface area contributed by atoms with Gasteiger partial charge in [0.25, 0.3) is 5.91 Å². The Kier molecular flexibility index (Phi) is 5.83. The predicted octanol–water partition coefficient (Wildman–Crippen LogP) is 5.14. The van der Waals surface area contributed by atoms with Crippen LogP contribution in [0.5, 0.6) is 0 Å². The lowest BCUT2D eigenvalue weighted by atomic mass is 10.2. The Bertz CT molecular complexity index is 1050. The van der Waals surface area contributed by atoms with Gasteiger partial charge in [0.2, 0.25) is 0 Å². The molecule has 4 rings (SSSR count). The van der Waals surface area contributed by atoms with E-state index >= 15 is 0 Å². The summed E-state index contributed by atoms with van der Waals surface area (Å²) in [4.78, 5) is 17.3. The van der Waals surface area contributed by atoms with Crippen LogP contribution in [0.4, 0.5) is 0 Å². The van der Waals surface area contributed by atoms with E-state index in [0.29, 0.717) is 32.9 Å². The number of imidazole rings is 1. The smallest absolute Gasteiger partial charge is 0.271 e. The highest BCUT2D eigenvalue weighted by atomic mass is 35.5. The molecule has 1 amide bonds. The van der Waals surface area contributed by atoms with Crippen LogP contribution in [-0.4, -0.2) is 32.7 Å². The van der Waals surface area contributed by atoms with Gasteiger partial charge in [-0.15, -0.1) is 0 Å². The number of nitrogens with one attached hydrogen (secondary N) is 1. The Morgan fingerprint density at radius 3 is 2.45 bits per heavy atom. The second-order valence-corrected chi connectivity index (χ2v) is 8.28. The molecule has 0 aliphatic heterocycles. The summed E-state index contributed by atoms with van der Waals surface area (Å²) < 4.78 is 1.78. The summed E-state index contributed by atoms with van der Waals surface area (Å²) in [5, 5.41) is 14.4. The van der Waals surface area contributed by atoms with Gasteiger partial charge in [-0.3, -0.25) is 9.36 Å². The maximum Gasteiger partial charge on any atom is 0.271 e. The molecular formula is C21H18Cl3N3O2. The first-order valence-electron chi connectivity index (χ1n) is 9.22. The van der Waals surface area contributed by atoms with Gasteiger partial charge in [-0.25, -0.2) is 4.98 Å². The first-order valence-corrected chi connectivity index (χ1v) is 10.4. The van der Waals surface area contributed by atoms with Crippen LogP contribution in [0.15, 0.2) is 48.7 Å². The van der Waals surface area contributed by atoms with E-state index < -0.39 is 6.10 Å². The van der Waals surface area contributed by atoms with Crippen LogP contribution >= 0.6 is 34.8 Å². The molecular weight excluding hydrogens is 433 g/mol. The largest absolute Gasteiger partial charge is 0.391 e. The van der Waals surface area contributed by atoms with Gasteiger partial charge in [-0.2, -0.15) is 0 Å². The molecule has 5 nitrogen and oxygen atoms in total. The van der Waals surface area contributed by atoms with Gasteiger partial charge in [0.15, 0.2) is 0 Å². The highest BCUT2D eigenvalue weighted by Gasteiger charge is 2.28. The predicted molar refractivity (Wildman–Crippen MR) is 115 cm³/mol. The number of aliphatic hydroxyl groups excluding tert-OH is 1. The van der Waals surface area contributed by atoms with Crippen LogP contribution in [0, 0.1) is 0 Å². The number of carbonyl (C=O) groups excluding carboxylic acids is 1. The number of carbonyl (C=O) groups is 1. The number of aliphatic hydroxyl groups is 1. The molecule has 1 aliphatic carbocycles. The van der Waals surface area contributed by atoms with Crippen molar-refractivity contribution in [1.82, 2.24) is 14.9 Å². The summed E-state index contributed by atoms with van der Waals surface area (Å²) >= 11 is 18.4. The zero-order chi connectivity index (χ0) is 20.5. The van der Waals surface area contributed by atoms with E-state index in [4.69, 9.17) is 34.8 Å². The second-order valence-electron chi connectivity index (χ2n) is 7.00. The fraction of sp³-hybridized carbons (Fsp3) is 0.238. The van der Waals surface area contributed by atoms with Crippen molar-refractivity contribution in [3.05, 3.63) is 69.4 Å². The van der Waals surface area contributed by atoms with Crippen LogP contribution < -0.4 is 5.32 Å². The summed E-state index contributed by atoms with van der Waals surface area (Å²) in [6.07, 6.45) is 3.45. The number of rotatable bonds is 4. The Labute approximate surface area is 183 Å². The summed E-state index contributed by atoms with van der Waals surface area (Å²) in [6, 6.07) is 12.1.